The minimum absolute atomic E-state index is 0.621. The third-order valence-corrected chi connectivity index (χ3v) is 3.22. The van der Waals surface area contributed by atoms with Gasteiger partial charge in [0.25, 0.3) is 0 Å². The molecule has 2 N–H and O–H groups in total. The topological polar surface area (TPSA) is 56.7 Å². The quantitative estimate of drug-likeness (QED) is 0.871. The summed E-state index contributed by atoms with van der Waals surface area (Å²) >= 11 is 0. The molecule has 0 amide bonds. The van der Waals surface area contributed by atoms with Crippen molar-refractivity contribution in [2.45, 2.75) is 33.2 Å². The number of nitrogens with two attached hydrogens (primary N) is 1. The Labute approximate surface area is 108 Å². The fourth-order valence-electron chi connectivity index (χ4n) is 2.16. The Kier molecular flexibility index (Phi) is 4.10. The number of nitrogens with zero attached hydrogens (tertiary/aromatic N) is 3. The molecule has 0 aliphatic carbocycles. The van der Waals surface area contributed by atoms with E-state index in [-0.39, 0.29) is 0 Å². The Hall–Kier alpha value is -1.68. The number of aromatic nitrogens is 3. The van der Waals surface area contributed by atoms with Crippen molar-refractivity contribution in [3.05, 3.63) is 46.8 Å². The highest BCUT2D eigenvalue weighted by atomic mass is 15.4. The third kappa shape index (κ3) is 2.59. The van der Waals surface area contributed by atoms with E-state index in [0.29, 0.717) is 6.54 Å². The van der Waals surface area contributed by atoms with Crippen LogP contribution in [0.25, 0.3) is 0 Å². The van der Waals surface area contributed by atoms with Gasteiger partial charge in [0.1, 0.15) is 0 Å². The summed E-state index contributed by atoms with van der Waals surface area (Å²) in [6.07, 6.45) is 1.74. The van der Waals surface area contributed by atoms with Gasteiger partial charge in [-0.2, -0.15) is 0 Å². The zero-order valence-corrected chi connectivity index (χ0v) is 11.1. The van der Waals surface area contributed by atoms with E-state index in [2.05, 4.69) is 48.4 Å². The van der Waals surface area contributed by atoms with E-state index in [1.165, 1.54) is 16.8 Å². The average molecular weight is 244 g/mol. The highest BCUT2D eigenvalue weighted by molar-refractivity contribution is 5.26. The van der Waals surface area contributed by atoms with Crippen LogP contribution in [0.2, 0.25) is 0 Å². The lowest BCUT2D eigenvalue weighted by Crippen LogP contribution is -2.09. The van der Waals surface area contributed by atoms with Gasteiger partial charge in [-0.15, -0.1) is 5.10 Å². The Morgan fingerprint density at radius 1 is 1.28 bits per heavy atom. The number of rotatable bonds is 5. The van der Waals surface area contributed by atoms with Crippen molar-refractivity contribution in [2.24, 2.45) is 5.73 Å². The Morgan fingerprint density at radius 3 is 2.72 bits per heavy atom. The van der Waals surface area contributed by atoms with E-state index < -0.39 is 0 Å². The van der Waals surface area contributed by atoms with Crippen LogP contribution in [-0.4, -0.2) is 21.5 Å². The maximum absolute atomic E-state index is 5.59. The molecular formula is C14H20N4. The second-order valence-electron chi connectivity index (χ2n) is 4.46. The molecule has 0 spiro atoms. The zero-order valence-electron chi connectivity index (χ0n) is 11.1. The van der Waals surface area contributed by atoms with E-state index >= 15 is 0 Å². The molecule has 0 radical (unpaired) electrons. The van der Waals surface area contributed by atoms with Gasteiger partial charge in [0.15, 0.2) is 0 Å². The molecule has 2 rings (SSSR count). The number of hydrogen-bond acceptors (Lipinski definition) is 3. The lowest BCUT2D eigenvalue weighted by molar-refractivity contribution is 0.620. The zero-order chi connectivity index (χ0) is 13.0. The van der Waals surface area contributed by atoms with Crippen molar-refractivity contribution in [3.63, 3.8) is 0 Å². The second kappa shape index (κ2) is 5.78. The van der Waals surface area contributed by atoms with Gasteiger partial charge in [-0.05, 0) is 31.0 Å². The van der Waals surface area contributed by atoms with Crippen molar-refractivity contribution in [2.75, 3.05) is 6.54 Å². The molecule has 18 heavy (non-hydrogen) atoms. The van der Waals surface area contributed by atoms with Gasteiger partial charge in [-0.1, -0.05) is 36.4 Å². The summed E-state index contributed by atoms with van der Waals surface area (Å²) in [5.41, 5.74) is 10.4. The van der Waals surface area contributed by atoms with Gasteiger partial charge in [0.05, 0.1) is 17.9 Å². The summed E-state index contributed by atoms with van der Waals surface area (Å²) in [6, 6.07) is 8.38. The lowest BCUT2D eigenvalue weighted by Gasteiger charge is -2.08. The predicted octanol–water partition coefficient (Wildman–Crippen LogP) is 1.70. The first kappa shape index (κ1) is 12.8. The van der Waals surface area contributed by atoms with Crippen LogP contribution in [0.15, 0.2) is 24.3 Å². The number of benzene rings is 1. The van der Waals surface area contributed by atoms with Crippen LogP contribution < -0.4 is 5.73 Å². The Balaban J connectivity index is 2.27. The van der Waals surface area contributed by atoms with E-state index in [0.717, 1.165) is 25.1 Å². The van der Waals surface area contributed by atoms with Crippen LogP contribution in [0.5, 0.6) is 0 Å². The summed E-state index contributed by atoms with van der Waals surface area (Å²) in [6.45, 7) is 5.66. The van der Waals surface area contributed by atoms with Gasteiger partial charge in [0.2, 0.25) is 0 Å². The summed E-state index contributed by atoms with van der Waals surface area (Å²) < 4.78 is 1.99. The monoisotopic (exact) mass is 244 g/mol. The molecule has 0 aliphatic heterocycles. The van der Waals surface area contributed by atoms with Crippen molar-refractivity contribution >= 4 is 0 Å². The third-order valence-electron chi connectivity index (χ3n) is 3.22. The second-order valence-corrected chi connectivity index (χ2v) is 4.46. The fourth-order valence-corrected chi connectivity index (χ4v) is 2.16. The summed E-state index contributed by atoms with van der Waals surface area (Å²) in [4.78, 5) is 0. The van der Waals surface area contributed by atoms with E-state index in [1.54, 1.807) is 0 Å². The Bertz CT molecular complexity index is 516. The maximum atomic E-state index is 5.59. The van der Waals surface area contributed by atoms with Crippen LogP contribution in [0, 0.1) is 6.92 Å². The summed E-state index contributed by atoms with van der Waals surface area (Å²) in [5.74, 6) is 0. The molecule has 1 heterocycles. The van der Waals surface area contributed by atoms with Crippen LogP contribution >= 0.6 is 0 Å². The molecule has 4 nitrogen and oxygen atoms in total. The molecule has 0 bridgehead atoms. The number of hydrogen-bond donors (Lipinski definition) is 1. The van der Waals surface area contributed by atoms with Gasteiger partial charge >= 0.3 is 0 Å². The molecule has 0 fully saturated rings. The highest BCUT2D eigenvalue weighted by Gasteiger charge is 2.11. The highest BCUT2D eigenvalue weighted by Crippen LogP contribution is 2.13. The predicted molar refractivity (Wildman–Crippen MR) is 72.4 cm³/mol. The largest absolute Gasteiger partial charge is 0.330 e. The first-order chi connectivity index (χ1) is 8.76. The Morgan fingerprint density at radius 2 is 2.06 bits per heavy atom. The van der Waals surface area contributed by atoms with Crippen LogP contribution in [-0.2, 0) is 19.4 Å². The van der Waals surface area contributed by atoms with Gasteiger partial charge in [0, 0.05) is 6.42 Å². The van der Waals surface area contributed by atoms with Crippen LogP contribution in [0.3, 0.4) is 0 Å². The van der Waals surface area contributed by atoms with E-state index in [4.69, 9.17) is 5.73 Å². The maximum Gasteiger partial charge on any atom is 0.0871 e. The first-order valence-corrected chi connectivity index (χ1v) is 6.42. The summed E-state index contributed by atoms with van der Waals surface area (Å²) in [7, 11) is 0. The molecule has 1 aromatic heterocycles. The number of aryl methyl sites for hydroxylation is 1. The van der Waals surface area contributed by atoms with Crippen LogP contribution in [0.4, 0.5) is 0 Å². The molecule has 1 aromatic carbocycles. The standard InChI is InChI=1S/C14H20N4/c1-3-14-13(8-9-15)16-17-18(14)10-12-7-5-4-6-11(12)2/h4-7H,3,8-10,15H2,1-2H3. The fraction of sp³-hybridized carbons (Fsp3) is 0.429. The van der Waals surface area contributed by atoms with Gasteiger partial charge < -0.3 is 5.73 Å². The van der Waals surface area contributed by atoms with Crippen molar-refractivity contribution < 1.29 is 0 Å². The molecule has 2 aromatic rings. The van der Waals surface area contributed by atoms with Crippen molar-refractivity contribution in [1.82, 2.24) is 15.0 Å². The molecule has 4 heteroatoms. The normalized spacial score (nSPS) is 10.8. The minimum atomic E-state index is 0.621. The lowest BCUT2D eigenvalue weighted by atomic mass is 10.1. The van der Waals surface area contributed by atoms with Gasteiger partial charge in [-0.3, -0.25) is 0 Å². The average Bonchev–Trinajstić information content (AvgIpc) is 2.75. The van der Waals surface area contributed by atoms with Gasteiger partial charge in [-0.25, -0.2) is 4.68 Å². The molecule has 96 valence electrons. The van der Waals surface area contributed by atoms with E-state index in [9.17, 15) is 0 Å². The first-order valence-electron chi connectivity index (χ1n) is 6.42. The molecule has 0 aliphatic rings. The SMILES string of the molecule is CCc1c(CCN)nnn1Cc1ccccc1C. The smallest absolute Gasteiger partial charge is 0.0871 e. The van der Waals surface area contributed by atoms with Crippen molar-refractivity contribution in [3.8, 4) is 0 Å². The molecule has 0 unspecified atom stereocenters. The van der Waals surface area contributed by atoms with Crippen LogP contribution in [0.1, 0.15) is 29.4 Å². The van der Waals surface area contributed by atoms with Crippen molar-refractivity contribution in [1.29, 1.82) is 0 Å². The molecule has 0 atom stereocenters. The summed E-state index contributed by atoms with van der Waals surface area (Å²) in [5, 5.41) is 8.49. The molecular weight excluding hydrogens is 224 g/mol. The van der Waals surface area contributed by atoms with E-state index in [1.807, 2.05) is 4.68 Å². The molecule has 0 saturated heterocycles. The molecule has 0 saturated carbocycles. The minimum Gasteiger partial charge on any atom is -0.330 e.